The molecule has 11 heteroatoms. The number of benzene rings is 1. The van der Waals surface area contributed by atoms with E-state index in [1.54, 1.807) is 12.1 Å². The molecular formula is C24H27ClF3N3O4. The quantitative estimate of drug-likeness (QED) is 0.445. The highest BCUT2D eigenvalue weighted by molar-refractivity contribution is 6.31. The molecule has 1 aliphatic rings. The van der Waals surface area contributed by atoms with Gasteiger partial charge < -0.3 is 16.0 Å². The topological polar surface area (TPSA) is 104 Å². The largest absolute Gasteiger partial charge is 0.452 e. The second-order valence-corrected chi connectivity index (χ2v) is 8.84. The number of ketones is 1. The fraction of sp³-hybridized carbons (Fsp3) is 0.417. The lowest BCUT2D eigenvalue weighted by atomic mass is 9.97. The van der Waals surface area contributed by atoms with Crippen LogP contribution >= 0.6 is 11.6 Å². The fourth-order valence-corrected chi connectivity index (χ4v) is 3.58. The number of allylic oxidation sites excluding steroid dienone is 3. The van der Waals surface area contributed by atoms with Gasteiger partial charge in [0.15, 0.2) is 0 Å². The maximum Gasteiger partial charge on any atom is 0.452 e. The van der Waals surface area contributed by atoms with Gasteiger partial charge in [-0.2, -0.15) is 13.2 Å². The van der Waals surface area contributed by atoms with Gasteiger partial charge in [-0.3, -0.25) is 19.2 Å². The van der Waals surface area contributed by atoms with Crippen molar-refractivity contribution in [2.45, 2.75) is 51.4 Å². The van der Waals surface area contributed by atoms with Gasteiger partial charge in [0.1, 0.15) is 6.04 Å². The molecule has 1 aromatic rings. The Bertz CT molecular complexity index is 1020. The summed E-state index contributed by atoms with van der Waals surface area (Å²) in [6, 6.07) is 3.30. The molecule has 0 radical (unpaired) electrons. The van der Waals surface area contributed by atoms with Crippen LogP contribution in [0.25, 0.3) is 0 Å². The standard InChI is InChI=1S/C24H27ClF3N3O4/c1-14(2)20(21(33)24(26,27)28)31-19(32)13-29-23(35)18(11-15-7-4-3-5-8-15)30-22(34)16-9-6-10-17(25)12-16/h3-4,6-7,9-10,12,14,18,20H,5,8,11,13H2,1-2H3,(H,29,35)(H,30,34)(H,31,32). The van der Waals surface area contributed by atoms with Gasteiger partial charge in [0.05, 0.1) is 12.6 Å². The molecule has 0 aromatic heterocycles. The van der Waals surface area contributed by atoms with E-state index in [2.05, 4.69) is 10.6 Å². The number of carbonyl (C=O) groups excluding carboxylic acids is 4. The predicted molar refractivity (Wildman–Crippen MR) is 125 cm³/mol. The first-order valence-corrected chi connectivity index (χ1v) is 11.4. The van der Waals surface area contributed by atoms with Crippen LogP contribution in [-0.2, 0) is 14.4 Å². The molecular weight excluding hydrogens is 487 g/mol. The molecule has 0 spiro atoms. The van der Waals surface area contributed by atoms with E-state index >= 15 is 0 Å². The Morgan fingerprint density at radius 1 is 1.11 bits per heavy atom. The van der Waals surface area contributed by atoms with Crippen LogP contribution in [0.3, 0.4) is 0 Å². The highest BCUT2D eigenvalue weighted by Gasteiger charge is 2.45. The van der Waals surface area contributed by atoms with Gasteiger partial charge >= 0.3 is 6.18 Å². The lowest BCUT2D eigenvalue weighted by molar-refractivity contribution is -0.174. The molecule has 2 rings (SSSR count). The van der Waals surface area contributed by atoms with Crippen LogP contribution in [0, 0.1) is 5.92 Å². The van der Waals surface area contributed by atoms with Crippen LogP contribution in [0.1, 0.15) is 43.5 Å². The molecule has 190 valence electrons. The number of hydrogen-bond donors (Lipinski definition) is 3. The minimum absolute atomic E-state index is 0.172. The van der Waals surface area contributed by atoms with E-state index in [4.69, 9.17) is 11.6 Å². The van der Waals surface area contributed by atoms with Crippen LogP contribution in [-0.4, -0.2) is 48.3 Å². The lowest BCUT2D eigenvalue weighted by Crippen LogP contribution is -2.53. The summed E-state index contributed by atoms with van der Waals surface area (Å²) in [5, 5.41) is 7.31. The molecule has 0 saturated carbocycles. The maximum atomic E-state index is 12.8. The number of halogens is 4. The zero-order valence-corrected chi connectivity index (χ0v) is 20.0. The van der Waals surface area contributed by atoms with Gasteiger partial charge in [0, 0.05) is 10.6 Å². The van der Waals surface area contributed by atoms with E-state index in [-0.39, 0.29) is 12.0 Å². The number of rotatable bonds is 10. The molecule has 2 unspecified atom stereocenters. The summed E-state index contributed by atoms with van der Waals surface area (Å²) in [6.07, 6.45) is 2.15. The van der Waals surface area contributed by atoms with Crippen LogP contribution < -0.4 is 16.0 Å². The van der Waals surface area contributed by atoms with E-state index in [9.17, 15) is 32.3 Å². The minimum Gasteiger partial charge on any atom is -0.345 e. The van der Waals surface area contributed by atoms with Crippen molar-refractivity contribution >= 4 is 35.1 Å². The van der Waals surface area contributed by atoms with Gasteiger partial charge in [-0.25, -0.2) is 0 Å². The molecule has 7 nitrogen and oxygen atoms in total. The average Bonchev–Trinajstić information content (AvgIpc) is 2.80. The van der Waals surface area contributed by atoms with E-state index < -0.39 is 54.2 Å². The third-order valence-electron chi connectivity index (χ3n) is 5.24. The molecule has 2 atom stereocenters. The number of alkyl halides is 3. The van der Waals surface area contributed by atoms with Crippen LogP contribution in [0.5, 0.6) is 0 Å². The number of amides is 3. The first-order valence-electron chi connectivity index (χ1n) is 11.0. The smallest absolute Gasteiger partial charge is 0.345 e. The normalized spacial score (nSPS) is 15.1. The first kappa shape index (κ1) is 28.1. The number of nitrogens with one attached hydrogen (secondary N) is 3. The van der Waals surface area contributed by atoms with Crippen LogP contribution in [0.4, 0.5) is 13.2 Å². The summed E-state index contributed by atoms with van der Waals surface area (Å²) < 4.78 is 38.4. The number of Topliss-reactive ketones (excluding diaryl/α,β-unsaturated/α-hetero) is 1. The zero-order chi connectivity index (χ0) is 26.2. The average molecular weight is 514 g/mol. The highest BCUT2D eigenvalue weighted by Crippen LogP contribution is 2.21. The van der Waals surface area contributed by atoms with Crippen molar-refractivity contribution < 1.29 is 32.3 Å². The maximum absolute atomic E-state index is 12.8. The van der Waals surface area contributed by atoms with Gasteiger partial charge in [0.25, 0.3) is 11.7 Å². The molecule has 0 fully saturated rings. The van der Waals surface area contributed by atoms with Crippen molar-refractivity contribution in [2.75, 3.05) is 6.54 Å². The van der Waals surface area contributed by atoms with E-state index in [0.29, 0.717) is 11.4 Å². The summed E-state index contributed by atoms with van der Waals surface area (Å²) in [4.78, 5) is 49.3. The van der Waals surface area contributed by atoms with Gasteiger partial charge in [-0.05, 0) is 43.4 Å². The number of hydrogen-bond acceptors (Lipinski definition) is 4. The van der Waals surface area contributed by atoms with Crippen LogP contribution in [0.15, 0.2) is 48.1 Å². The fourth-order valence-electron chi connectivity index (χ4n) is 3.39. The molecule has 1 aliphatic carbocycles. The summed E-state index contributed by atoms with van der Waals surface area (Å²) in [6.45, 7) is 2.05. The second kappa shape index (κ2) is 12.5. The Labute approximate surface area is 206 Å². The second-order valence-electron chi connectivity index (χ2n) is 8.40. The van der Waals surface area contributed by atoms with E-state index in [1.807, 2.05) is 23.5 Å². The van der Waals surface area contributed by atoms with E-state index in [1.165, 1.54) is 26.0 Å². The van der Waals surface area contributed by atoms with Crippen molar-refractivity contribution in [3.05, 3.63) is 58.7 Å². The molecule has 1 aromatic carbocycles. The molecule has 3 N–H and O–H groups in total. The molecule has 0 saturated heterocycles. The van der Waals surface area contributed by atoms with Crippen molar-refractivity contribution in [1.82, 2.24) is 16.0 Å². The minimum atomic E-state index is -5.11. The Morgan fingerprint density at radius 2 is 1.83 bits per heavy atom. The lowest BCUT2D eigenvalue weighted by Gasteiger charge is -2.23. The molecule has 0 bridgehead atoms. The predicted octanol–water partition coefficient (Wildman–Crippen LogP) is 3.49. The Morgan fingerprint density at radius 3 is 2.40 bits per heavy atom. The molecule has 3 amide bonds. The van der Waals surface area contributed by atoms with Crippen molar-refractivity contribution in [3.8, 4) is 0 Å². The Hall–Kier alpha value is -3.14. The summed E-state index contributed by atoms with van der Waals surface area (Å²) >= 11 is 5.93. The van der Waals surface area contributed by atoms with Gasteiger partial charge in [-0.1, -0.05) is 55.3 Å². The van der Waals surface area contributed by atoms with Gasteiger partial charge in [-0.15, -0.1) is 0 Å². The molecule has 35 heavy (non-hydrogen) atoms. The summed E-state index contributed by atoms with van der Waals surface area (Å²) in [5.74, 6) is -5.11. The Balaban J connectivity index is 2.07. The SMILES string of the molecule is CC(C)C(NC(=O)CNC(=O)C(CC1=CC=CCC1)NC(=O)c1cccc(Cl)c1)C(=O)C(F)(F)F. The van der Waals surface area contributed by atoms with Crippen LogP contribution in [0.2, 0.25) is 5.02 Å². The van der Waals surface area contributed by atoms with Gasteiger partial charge in [0.2, 0.25) is 11.8 Å². The van der Waals surface area contributed by atoms with Crippen molar-refractivity contribution in [2.24, 2.45) is 5.92 Å². The summed E-state index contributed by atoms with van der Waals surface area (Å²) in [7, 11) is 0. The summed E-state index contributed by atoms with van der Waals surface area (Å²) in [5.41, 5.74) is 1.13. The molecule has 0 heterocycles. The van der Waals surface area contributed by atoms with Crippen molar-refractivity contribution in [1.29, 1.82) is 0 Å². The Kier molecular flexibility index (Phi) is 10.1. The zero-order valence-electron chi connectivity index (χ0n) is 19.2. The van der Waals surface area contributed by atoms with Crippen molar-refractivity contribution in [3.63, 3.8) is 0 Å². The van der Waals surface area contributed by atoms with E-state index in [0.717, 1.165) is 12.0 Å². The highest BCUT2D eigenvalue weighted by atomic mass is 35.5. The molecule has 0 aliphatic heterocycles. The first-order chi connectivity index (χ1) is 16.4. The third kappa shape index (κ3) is 8.86. The third-order valence-corrected chi connectivity index (χ3v) is 5.48. The monoisotopic (exact) mass is 513 g/mol. The number of carbonyl (C=O) groups is 4.